The number of alkyl halides is 2. The quantitative estimate of drug-likeness (QED) is 0.316. The Kier molecular flexibility index (Phi) is 6.46. The van der Waals surface area contributed by atoms with Crippen LogP contribution in [0.2, 0.25) is 5.02 Å². The smallest absolute Gasteiger partial charge is 0.387 e. The number of hydrogen-bond donors (Lipinski definition) is 2. The molecule has 1 aliphatic carbocycles. The van der Waals surface area contributed by atoms with Crippen molar-refractivity contribution in [1.29, 1.82) is 0 Å². The molecule has 1 aliphatic rings. The minimum absolute atomic E-state index is 0.144. The van der Waals surface area contributed by atoms with E-state index in [9.17, 15) is 18.3 Å². The first-order chi connectivity index (χ1) is 16.8. The number of aromatic nitrogens is 4. The molecule has 2 N–H and O–H groups in total. The van der Waals surface area contributed by atoms with E-state index in [0.29, 0.717) is 5.65 Å². The van der Waals surface area contributed by atoms with E-state index in [4.69, 9.17) is 11.6 Å². The Morgan fingerprint density at radius 2 is 1.94 bits per heavy atom. The number of nitrogens with zero attached hydrogens (tertiary/aromatic N) is 3. The lowest BCUT2D eigenvalue weighted by Gasteiger charge is -2.25. The Bertz CT molecular complexity index is 1350. The van der Waals surface area contributed by atoms with Crippen molar-refractivity contribution in [2.75, 3.05) is 0 Å². The van der Waals surface area contributed by atoms with E-state index in [1.165, 1.54) is 0 Å². The third-order valence-corrected chi connectivity index (χ3v) is 7.13. The first kappa shape index (κ1) is 23.7. The van der Waals surface area contributed by atoms with Gasteiger partial charge in [0.2, 0.25) is 0 Å². The van der Waals surface area contributed by atoms with Gasteiger partial charge in [-0.2, -0.15) is 13.9 Å². The minimum atomic E-state index is -3.07. The molecule has 0 saturated heterocycles. The van der Waals surface area contributed by atoms with Gasteiger partial charge in [0.25, 0.3) is 0 Å². The van der Waals surface area contributed by atoms with Crippen molar-refractivity contribution in [3.8, 4) is 16.9 Å². The second kappa shape index (κ2) is 9.54. The lowest BCUT2D eigenvalue weighted by molar-refractivity contribution is -0.0505. The Morgan fingerprint density at radius 3 is 2.69 bits per heavy atom. The summed E-state index contributed by atoms with van der Waals surface area (Å²) in [6.07, 6.45) is 10.2. The summed E-state index contributed by atoms with van der Waals surface area (Å²) in [4.78, 5) is 7.60. The normalized spacial score (nSPS) is 19.4. The van der Waals surface area contributed by atoms with Crippen LogP contribution in [0.25, 0.3) is 22.2 Å². The molecule has 0 amide bonds. The van der Waals surface area contributed by atoms with Crippen LogP contribution >= 0.6 is 11.6 Å². The number of aliphatic hydroxyl groups excluding tert-OH is 1. The van der Waals surface area contributed by atoms with E-state index in [0.717, 1.165) is 59.9 Å². The SMILES string of the molecule is C[C@@H](c1c(OC(F)F)ccc(F)c1Cl)c1c[nH]c2ncc(-c3cnn([C@H]4CC[C@H](O)CC4)c3)cc12. The number of ether oxygens (including phenoxy) is 1. The van der Waals surface area contributed by atoms with Gasteiger partial charge in [-0.3, -0.25) is 4.68 Å². The molecule has 35 heavy (non-hydrogen) atoms. The fourth-order valence-electron chi connectivity index (χ4n) is 4.86. The molecule has 0 bridgehead atoms. The van der Waals surface area contributed by atoms with Crippen LogP contribution in [0.3, 0.4) is 0 Å². The van der Waals surface area contributed by atoms with E-state index < -0.39 is 18.3 Å². The third kappa shape index (κ3) is 4.62. The maximum atomic E-state index is 14.3. The fourth-order valence-corrected chi connectivity index (χ4v) is 5.18. The van der Waals surface area contributed by atoms with Crippen LogP contribution in [0.1, 0.15) is 55.7 Å². The second-order valence-corrected chi connectivity index (χ2v) is 9.29. The van der Waals surface area contributed by atoms with Gasteiger partial charge in [-0.15, -0.1) is 0 Å². The number of H-pyrrole nitrogens is 1. The Labute approximate surface area is 204 Å². The summed E-state index contributed by atoms with van der Waals surface area (Å²) in [5.74, 6) is -1.44. The van der Waals surface area contributed by atoms with Gasteiger partial charge in [-0.1, -0.05) is 18.5 Å². The van der Waals surface area contributed by atoms with Crippen molar-refractivity contribution in [3.63, 3.8) is 0 Å². The van der Waals surface area contributed by atoms with Crippen molar-refractivity contribution < 1.29 is 23.0 Å². The highest BCUT2D eigenvalue weighted by atomic mass is 35.5. The number of halogens is 4. The molecule has 0 radical (unpaired) electrons. The molecular formula is C25H24ClF3N4O2. The maximum Gasteiger partial charge on any atom is 0.387 e. The van der Waals surface area contributed by atoms with E-state index in [1.807, 2.05) is 16.9 Å². The summed E-state index contributed by atoms with van der Waals surface area (Å²) >= 11 is 6.21. The van der Waals surface area contributed by atoms with Gasteiger partial charge in [0.05, 0.1) is 23.4 Å². The highest BCUT2D eigenvalue weighted by Crippen LogP contribution is 2.41. The predicted molar refractivity (Wildman–Crippen MR) is 126 cm³/mol. The first-order valence-corrected chi connectivity index (χ1v) is 11.8. The van der Waals surface area contributed by atoms with Crippen LogP contribution in [-0.2, 0) is 0 Å². The summed E-state index contributed by atoms with van der Waals surface area (Å²) in [5, 5.41) is 14.8. The molecule has 1 aromatic carbocycles. The molecule has 0 spiro atoms. The number of benzene rings is 1. The number of pyridine rings is 1. The van der Waals surface area contributed by atoms with Crippen LogP contribution in [0.5, 0.6) is 5.75 Å². The molecule has 3 heterocycles. The highest BCUT2D eigenvalue weighted by molar-refractivity contribution is 6.31. The van der Waals surface area contributed by atoms with Crippen LogP contribution in [0.4, 0.5) is 13.2 Å². The van der Waals surface area contributed by atoms with Gasteiger partial charge in [0.15, 0.2) is 0 Å². The molecule has 1 atom stereocenters. The lowest BCUT2D eigenvalue weighted by atomic mass is 9.91. The number of aromatic amines is 1. The predicted octanol–water partition coefficient (Wildman–Crippen LogP) is 6.45. The van der Waals surface area contributed by atoms with E-state index >= 15 is 0 Å². The largest absolute Gasteiger partial charge is 0.434 e. The van der Waals surface area contributed by atoms with Crippen LogP contribution in [0.15, 0.2) is 43.0 Å². The highest BCUT2D eigenvalue weighted by Gasteiger charge is 2.25. The minimum Gasteiger partial charge on any atom is -0.434 e. The second-order valence-electron chi connectivity index (χ2n) is 8.91. The van der Waals surface area contributed by atoms with Gasteiger partial charge in [0, 0.05) is 46.6 Å². The summed E-state index contributed by atoms with van der Waals surface area (Å²) in [6, 6.07) is 4.36. The molecule has 1 fully saturated rings. The van der Waals surface area contributed by atoms with E-state index in [1.54, 1.807) is 25.5 Å². The van der Waals surface area contributed by atoms with Crippen molar-refractivity contribution in [2.24, 2.45) is 0 Å². The monoisotopic (exact) mass is 504 g/mol. The molecule has 10 heteroatoms. The summed E-state index contributed by atoms with van der Waals surface area (Å²) in [7, 11) is 0. The third-order valence-electron chi connectivity index (χ3n) is 6.75. The standard InChI is InChI=1S/C25H24ClF3N4O2/c1-13(22-21(35-25(28)29)7-6-20(27)23(22)26)19-11-31-24-18(19)8-14(9-30-24)15-10-32-33(12-15)16-2-4-17(34)5-3-16/h6-13,16-17,25,34H,2-5H2,1H3,(H,30,31)/t13-,16-,17-/m1/s1. The lowest BCUT2D eigenvalue weighted by Crippen LogP contribution is -2.21. The molecule has 5 rings (SSSR count). The summed E-state index contributed by atoms with van der Waals surface area (Å²) in [5.41, 5.74) is 3.19. The zero-order valence-electron chi connectivity index (χ0n) is 18.9. The molecule has 0 unspecified atom stereocenters. The van der Waals surface area contributed by atoms with Gasteiger partial charge in [-0.25, -0.2) is 9.37 Å². The van der Waals surface area contributed by atoms with Crippen molar-refractivity contribution in [2.45, 2.75) is 57.3 Å². The number of nitrogens with one attached hydrogen (secondary N) is 1. The zero-order valence-corrected chi connectivity index (χ0v) is 19.6. The molecular weight excluding hydrogens is 481 g/mol. The van der Waals surface area contributed by atoms with Crippen molar-refractivity contribution in [3.05, 3.63) is 65.0 Å². The van der Waals surface area contributed by atoms with E-state index in [2.05, 4.69) is 19.8 Å². The number of rotatable bonds is 6. The van der Waals surface area contributed by atoms with Gasteiger partial charge < -0.3 is 14.8 Å². The molecule has 0 aliphatic heterocycles. The maximum absolute atomic E-state index is 14.3. The van der Waals surface area contributed by atoms with Gasteiger partial charge in [0.1, 0.15) is 17.2 Å². The Hall–Kier alpha value is -3.04. The first-order valence-electron chi connectivity index (χ1n) is 11.4. The Morgan fingerprint density at radius 1 is 1.17 bits per heavy atom. The molecule has 1 saturated carbocycles. The number of hydrogen-bond acceptors (Lipinski definition) is 4. The van der Waals surface area contributed by atoms with Gasteiger partial charge >= 0.3 is 6.61 Å². The average molecular weight is 505 g/mol. The average Bonchev–Trinajstić information content (AvgIpc) is 3.49. The van der Waals surface area contributed by atoms with Crippen molar-refractivity contribution in [1.82, 2.24) is 19.7 Å². The van der Waals surface area contributed by atoms with Gasteiger partial charge in [-0.05, 0) is 49.4 Å². The van der Waals surface area contributed by atoms with E-state index in [-0.39, 0.29) is 28.5 Å². The molecule has 184 valence electrons. The number of aliphatic hydroxyl groups is 1. The topological polar surface area (TPSA) is 76.0 Å². The van der Waals surface area contributed by atoms with Crippen LogP contribution in [0, 0.1) is 5.82 Å². The molecule has 6 nitrogen and oxygen atoms in total. The molecule has 3 aromatic heterocycles. The summed E-state index contributed by atoms with van der Waals surface area (Å²) < 4.78 is 46.8. The zero-order chi connectivity index (χ0) is 24.7. The number of fused-ring (bicyclic) bond motifs is 1. The van der Waals surface area contributed by atoms with Crippen LogP contribution < -0.4 is 4.74 Å². The fraction of sp³-hybridized carbons (Fsp3) is 0.360. The Balaban J connectivity index is 1.50. The van der Waals surface area contributed by atoms with Crippen molar-refractivity contribution >= 4 is 22.6 Å². The molecule has 4 aromatic rings. The van der Waals surface area contributed by atoms with Crippen LogP contribution in [-0.4, -0.2) is 37.6 Å². The summed E-state index contributed by atoms with van der Waals surface area (Å²) in [6.45, 7) is -1.31.